The van der Waals surface area contributed by atoms with Gasteiger partial charge in [0, 0.05) is 20.2 Å². The highest BCUT2D eigenvalue weighted by Gasteiger charge is 2.15. The fraction of sp³-hybridized carbons (Fsp3) is 0.636. The van der Waals surface area contributed by atoms with Crippen LogP contribution in [0.5, 0.6) is 0 Å². The predicted octanol–water partition coefficient (Wildman–Crippen LogP) is 0.623. The Kier molecular flexibility index (Phi) is 5.79. The molecule has 0 fully saturated rings. The number of hydrogen-bond donors (Lipinski definition) is 1. The van der Waals surface area contributed by atoms with Crippen LogP contribution in [0.1, 0.15) is 12.6 Å². The van der Waals surface area contributed by atoms with Gasteiger partial charge >= 0.3 is 0 Å². The van der Waals surface area contributed by atoms with E-state index in [0.717, 1.165) is 0 Å². The molecule has 0 bridgehead atoms. The highest BCUT2D eigenvalue weighted by Crippen LogP contribution is 2.17. The highest BCUT2D eigenvalue weighted by atomic mass is 19.1. The van der Waals surface area contributed by atoms with Gasteiger partial charge in [0.15, 0.2) is 11.6 Å². The summed E-state index contributed by atoms with van der Waals surface area (Å²) in [6.07, 6.45) is 1.85. The third-order valence-corrected chi connectivity index (χ3v) is 2.41. The lowest BCUT2D eigenvalue weighted by Crippen LogP contribution is -2.32. The molecule has 0 saturated heterocycles. The smallest absolute Gasteiger partial charge is 0.187 e. The molecule has 6 heteroatoms. The van der Waals surface area contributed by atoms with Crippen LogP contribution in [0.25, 0.3) is 0 Å². The second kappa shape index (κ2) is 7.13. The monoisotopic (exact) mass is 243 g/mol. The lowest BCUT2D eigenvalue weighted by molar-refractivity contribution is 0.202. The molecule has 0 aliphatic carbocycles. The largest absolute Gasteiger partial charge is 0.395 e. The van der Waals surface area contributed by atoms with E-state index in [0.29, 0.717) is 31.8 Å². The van der Waals surface area contributed by atoms with E-state index in [4.69, 9.17) is 9.84 Å². The van der Waals surface area contributed by atoms with Crippen LogP contribution in [0.4, 0.5) is 10.2 Å². The number of aromatic nitrogens is 2. The first-order chi connectivity index (χ1) is 8.24. The van der Waals surface area contributed by atoms with Crippen LogP contribution < -0.4 is 4.90 Å². The molecule has 1 aromatic heterocycles. The Labute approximate surface area is 100 Å². The van der Waals surface area contributed by atoms with Gasteiger partial charge in [0.1, 0.15) is 6.33 Å². The maximum Gasteiger partial charge on any atom is 0.187 e. The molecule has 0 radical (unpaired) electrons. The summed E-state index contributed by atoms with van der Waals surface area (Å²) in [5.74, 6) is -0.192. The van der Waals surface area contributed by atoms with E-state index < -0.39 is 5.82 Å². The first-order valence-electron chi connectivity index (χ1n) is 5.58. The van der Waals surface area contributed by atoms with Crippen molar-refractivity contribution in [2.75, 3.05) is 38.3 Å². The topological polar surface area (TPSA) is 58.5 Å². The molecule has 0 aromatic carbocycles. The average Bonchev–Trinajstić information content (AvgIpc) is 2.35. The average molecular weight is 243 g/mol. The van der Waals surface area contributed by atoms with Gasteiger partial charge in [-0.25, -0.2) is 14.4 Å². The summed E-state index contributed by atoms with van der Waals surface area (Å²) in [4.78, 5) is 9.46. The summed E-state index contributed by atoms with van der Waals surface area (Å²) in [6.45, 7) is 3.02. The van der Waals surface area contributed by atoms with E-state index in [1.165, 1.54) is 6.33 Å². The normalized spacial score (nSPS) is 10.6. The van der Waals surface area contributed by atoms with Gasteiger partial charge < -0.3 is 14.7 Å². The van der Waals surface area contributed by atoms with Crippen molar-refractivity contribution in [3.63, 3.8) is 0 Å². The molecule has 0 spiro atoms. The van der Waals surface area contributed by atoms with Crippen LogP contribution in [0.15, 0.2) is 6.33 Å². The molecule has 0 amide bonds. The molecule has 1 aromatic rings. The molecule has 0 unspecified atom stereocenters. The number of aryl methyl sites for hydroxylation is 1. The molecule has 0 aliphatic rings. The maximum absolute atomic E-state index is 14.0. The molecule has 96 valence electrons. The van der Waals surface area contributed by atoms with Crippen LogP contribution >= 0.6 is 0 Å². The summed E-state index contributed by atoms with van der Waals surface area (Å²) >= 11 is 0. The minimum atomic E-state index is -0.417. The Morgan fingerprint density at radius 3 is 2.76 bits per heavy atom. The Balaban J connectivity index is 2.92. The second-order valence-corrected chi connectivity index (χ2v) is 3.51. The van der Waals surface area contributed by atoms with Crippen molar-refractivity contribution in [2.24, 2.45) is 0 Å². The lowest BCUT2D eigenvalue weighted by atomic mass is 10.3. The first kappa shape index (κ1) is 13.8. The molecule has 0 atom stereocenters. The fourth-order valence-corrected chi connectivity index (χ4v) is 1.51. The summed E-state index contributed by atoms with van der Waals surface area (Å²) in [7, 11) is 1.57. The van der Waals surface area contributed by atoms with Crippen molar-refractivity contribution in [3.05, 3.63) is 17.8 Å². The molecule has 1 N–H and O–H groups in total. The number of nitrogens with zero attached hydrogens (tertiary/aromatic N) is 3. The van der Waals surface area contributed by atoms with E-state index in [2.05, 4.69) is 9.97 Å². The van der Waals surface area contributed by atoms with Gasteiger partial charge in [0.25, 0.3) is 0 Å². The van der Waals surface area contributed by atoms with Crippen LogP contribution in [0.2, 0.25) is 0 Å². The molecular formula is C11H18FN3O2. The molecular weight excluding hydrogens is 225 g/mol. The zero-order valence-electron chi connectivity index (χ0n) is 10.2. The minimum Gasteiger partial charge on any atom is -0.395 e. The summed E-state index contributed by atoms with van der Waals surface area (Å²) in [5.41, 5.74) is 0.385. The Bertz CT molecular complexity index is 349. The Morgan fingerprint density at radius 2 is 2.18 bits per heavy atom. The number of aliphatic hydroxyl groups is 1. The molecule has 1 heterocycles. The number of ether oxygens (including phenoxy) is 1. The third kappa shape index (κ3) is 3.61. The summed E-state index contributed by atoms with van der Waals surface area (Å²) in [5, 5.41) is 8.97. The number of hydrogen-bond acceptors (Lipinski definition) is 5. The van der Waals surface area contributed by atoms with Crippen LogP contribution in [0.3, 0.4) is 0 Å². The first-order valence-corrected chi connectivity index (χ1v) is 5.58. The summed E-state index contributed by atoms with van der Waals surface area (Å²) < 4.78 is 18.9. The summed E-state index contributed by atoms with van der Waals surface area (Å²) in [6, 6.07) is 0. The third-order valence-electron chi connectivity index (χ3n) is 2.41. The van der Waals surface area contributed by atoms with Crippen molar-refractivity contribution in [1.29, 1.82) is 0 Å². The van der Waals surface area contributed by atoms with Crippen molar-refractivity contribution in [2.45, 2.75) is 13.3 Å². The van der Waals surface area contributed by atoms with Crippen molar-refractivity contribution in [1.82, 2.24) is 9.97 Å². The van der Waals surface area contributed by atoms with Crippen LogP contribution in [-0.4, -0.2) is 48.5 Å². The SMILES string of the molecule is CCc1ncnc(N(CCO)CCOC)c1F. The minimum absolute atomic E-state index is 0.0609. The molecule has 5 nitrogen and oxygen atoms in total. The number of aliphatic hydroxyl groups excluding tert-OH is 1. The zero-order chi connectivity index (χ0) is 12.7. The Hall–Kier alpha value is -1.27. The van der Waals surface area contributed by atoms with E-state index >= 15 is 0 Å². The van der Waals surface area contributed by atoms with Gasteiger partial charge in [-0.2, -0.15) is 0 Å². The highest BCUT2D eigenvalue weighted by molar-refractivity contribution is 5.40. The van der Waals surface area contributed by atoms with Crippen molar-refractivity contribution in [3.8, 4) is 0 Å². The van der Waals surface area contributed by atoms with Crippen LogP contribution in [-0.2, 0) is 11.2 Å². The van der Waals surface area contributed by atoms with E-state index in [9.17, 15) is 4.39 Å². The molecule has 0 aliphatic heterocycles. The van der Waals surface area contributed by atoms with Gasteiger partial charge in [-0.1, -0.05) is 6.92 Å². The van der Waals surface area contributed by atoms with Crippen LogP contribution in [0, 0.1) is 5.82 Å². The maximum atomic E-state index is 14.0. The number of methoxy groups -OCH3 is 1. The number of anilines is 1. The Morgan fingerprint density at radius 1 is 1.41 bits per heavy atom. The van der Waals surface area contributed by atoms with Crippen molar-refractivity contribution < 1.29 is 14.2 Å². The standard InChI is InChI=1S/C11H18FN3O2/c1-3-9-10(12)11(14-8-13-9)15(4-6-16)5-7-17-2/h8,16H,3-7H2,1-2H3. The quantitative estimate of drug-likeness (QED) is 0.761. The molecule has 0 saturated carbocycles. The molecule has 1 rings (SSSR count). The van der Waals surface area contributed by atoms with Gasteiger partial charge in [0.05, 0.1) is 18.9 Å². The van der Waals surface area contributed by atoms with E-state index in [1.54, 1.807) is 12.0 Å². The zero-order valence-corrected chi connectivity index (χ0v) is 10.2. The number of rotatable bonds is 7. The molecule has 17 heavy (non-hydrogen) atoms. The second-order valence-electron chi connectivity index (χ2n) is 3.51. The van der Waals surface area contributed by atoms with E-state index in [1.807, 2.05) is 6.92 Å². The van der Waals surface area contributed by atoms with E-state index in [-0.39, 0.29) is 12.4 Å². The van der Waals surface area contributed by atoms with Crippen molar-refractivity contribution >= 4 is 5.82 Å². The lowest BCUT2D eigenvalue weighted by Gasteiger charge is -2.23. The van der Waals surface area contributed by atoms with Gasteiger partial charge in [-0.3, -0.25) is 0 Å². The fourth-order valence-electron chi connectivity index (χ4n) is 1.51. The predicted molar refractivity (Wildman–Crippen MR) is 62.5 cm³/mol. The number of halogens is 1. The van der Waals surface area contributed by atoms with Gasteiger partial charge in [0.2, 0.25) is 0 Å². The van der Waals surface area contributed by atoms with Gasteiger partial charge in [-0.15, -0.1) is 0 Å². The van der Waals surface area contributed by atoms with Gasteiger partial charge in [-0.05, 0) is 6.42 Å².